The molecular weight excluding hydrogens is 480 g/mol. The molecule has 0 saturated heterocycles. The number of nitrogens with one attached hydrogen (secondary N) is 3. The standard InChI is InChI=1S/C24H40N8O5/c1-15(20(33)31-18(23(36)37)11-7-13-29-24(27)28)30-22(35)19(14-16-8-3-2-4-9-16)32-21(34)17(26)10-5-6-12-25/h2-4,8-9,15,17-19H,5-7,10-14,25-26H2,1H3,(H,30,35)(H,31,33)(H,32,34)(H,36,37)(H4,27,28,29). The molecule has 37 heavy (non-hydrogen) atoms. The molecular formula is C24H40N8O5. The van der Waals surface area contributed by atoms with Gasteiger partial charge >= 0.3 is 5.97 Å². The number of rotatable bonds is 17. The summed E-state index contributed by atoms with van der Waals surface area (Å²) in [6.45, 7) is 2.13. The quantitative estimate of drug-likeness (QED) is 0.0662. The Morgan fingerprint density at radius 2 is 1.54 bits per heavy atom. The summed E-state index contributed by atoms with van der Waals surface area (Å²) >= 11 is 0. The van der Waals surface area contributed by atoms with Crippen LogP contribution >= 0.6 is 0 Å². The highest BCUT2D eigenvalue weighted by Gasteiger charge is 2.28. The number of hydrogen-bond donors (Lipinski definition) is 8. The number of hydrogen-bond acceptors (Lipinski definition) is 7. The number of aliphatic imine (C=N–C) groups is 1. The second-order valence-corrected chi connectivity index (χ2v) is 8.72. The third-order valence-electron chi connectivity index (χ3n) is 5.53. The second kappa shape index (κ2) is 16.9. The fourth-order valence-electron chi connectivity index (χ4n) is 3.41. The molecule has 0 aromatic heterocycles. The maximum absolute atomic E-state index is 13.1. The molecule has 0 fully saturated rings. The molecule has 13 heteroatoms. The number of benzene rings is 1. The molecule has 0 saturated carbocycles. The number of carbonyl (C=O) groups excluding carboxylic acids is 3. The minimum atomic E-state index is -1.23. The summed E-state index contributed by atoms with van der Waals surface area (Å²) < 4.78 is 0. The second-order valence-electron chi connectivity index (χ2n) is 8.72. The van der Waals surface area contributed by atoms with Gasteiger partial charge in [-0.2, -0.15) is 0 Å². The maximum Gasteiger partial charge on any atom is 0.326 e. The number of carboxylic acid groups (broad SMARTS) is 1. The minimum absolute atomic E-state index is 0.0905. The van der Waals surface area contributed by atoms with Crippen LogP contribution in [0.5, 0.6) is 0 Å². The molecule has 4 atom stereocenters. The van der Waals surface area contributed by atoms with Crippen LogP contribution in [0, 0.1) is 0 Å². The summed E-state index contributed by atoms with van der Waals surface area (Å²) in [5, 5.41) is 17.1. The molecule has 0 bridgehead atoms. The van der Waals surface area contributed by atoms with Crippen LogP contribution in [-0.4, -0.2) is 72.0 Å². The lowest BCUT2D eigenvalue weighted by Crippen LogP contribution is -2.56. The number of unbranched alkanes of at least 4 members (excludes halogenated alkanes) is 1. The van der Waals surface area contributed by atoms with Gasteiger partial charge in [-0.05, 0) is 44.7 Å². The van der Waals surface area contributed by atoms with E-state index in [-0.39, 0.29) is 25.3 Å². The highest BCUT2D eigenvalue weighted by molar-refractivity contribution is 5.94. The Labute approximate surface area is 216 Å². The van der Waals surface area contributed by atoms with E-state index in [1.807, 2.05) is 18.2 Å². The number of nitrogens with zero attached hydrogens (tertiary/aromatic N) is 1. The molecule has 0 heterocycles. The van der Waals surface area contributed by atoms with E-state index in [4.69, 9.17) is 22.9 Å². The zero-order valence-corrected chi connectivity index (χ0v) is 21.2. The van der Waals surface area contributed by atoms with Crippen LogP contribution in [0.1, 0.15) is 44.6 Å². The average molecular weight is 521 g/mol. The number of guanidine groups is 1. The van der Waals surface area contributed by atoms with Crippen molar-refractivity contribution in [3.63, 3.8) is 0 Å². The van der Waals surface area contributed by atoms with Gasteiger partial charge in [0.25, 0.3) is 0 Å². The van der Waals surface area contributed by atoms with Gasteiger partial charge in [0.1, 0.15) is 18.1 Å². The molecule has 13 nitrogen and oxygen atoms in total. The van der Waals surface area contributed by atoms with Crippen molar-refractivity contribution in [2.75, 3.05) is 13.1 Å². The van der Waals surface area contributed by atoms with Crippen molar-refractivity contribution < 1.29 is 24.3 Å². The fourth-order valence-corrected chi connectivity index (χ4v) is 3.41. The Bertz CT molecular complexity index is 908. The highest BCUT2D eigenvalue weighted by Crippen LogP contribution is 2.06. The van der Waals surface area contributed by atoms with Crippen molar-refractivity contribution in [3.8, 4) is 0 Å². The van der Waals surface area contributed by atoms with E-state index < -0.39 is 47.9 Å². The van der Waals surface area contributed by atoms with Gasteiger partial charge in [-0.15, -0.1) is 0 Å². The zero-order valence-electron chi connectivity index (χ0n) is 21.2. The highest BCUT2D eigenvalue weighted by atomic mass is 16.4. The van der Waals surface area contributed by atoms with Gasteiger partial charge in [-0.25, -0.2) is 4.79 Å². The molecule has 0 spiro atoms. The summed E-state index contributed by atoms with van der Waals surface area (Å²) in [7, 11) is 0. The monoisotopic (exact) mass is 520 g/mol. The first-order valence-corrected chi connectivity index (χ1v) is 12.2. The predicted molar refractivity (Wildman–Crippen MR) is 140 cm³/mol. The van der Waals surface area contributed by atoms with Crippen LogP contribution in [-0.2, 0) is 25.6 Å². The lowest BCUT2D eigenvalue weighted by Gasteiger charge is -2.23. The Morgan fingerprint density at radius 1 is 0.892 bits per heavy atom. The summed E-state index contributed by atoms with van der Waals surface area (Å²) in [5.74, 6) is -3.12. The minimum Gasteiger partial charge on any atom is -0.480 e. The van der Waals surface area contributed by atoms with Crippen molar-refractivity contribution in [1.29, 1.82) is 0 Å². The molecule has 3 amide bonds. The van der Waals surface area contributed by atoms with E-state index in [2.05, 4.69) is 20.9 Å². The number of aliphatic carboxylic acids is 1. The van der Waals surface area contributed by atoms with Crippen molar-refractivity contribution >= 4 is 29.7 Å². The number of carboxylic acids is 1. The van der Waals surface area contributed by atoms with Crippen LogP contribution < -0.4 is 38.9 Å². The third-order valence-corrected chi connectivity index (χ3v) is 5.53. The van der Waals surface area contributed by atoms with Crippen molar-refractivity contribution in [3.05, 3.63) is 35.9 Å². The number of nitrogens with two attached hydrogens (primary N) is 4. The molecule has 0 aliphatic rings. The van der Waals surface area contributed by atoms with E-state index in [0.717, 1.165) is 12.0 Å². The van der Waals surface area contributed by atoms with Gasteiger partial charge in [0.05, 0.1) is 6.04 Å². The first-order chi connectivity index (χ1) is 17.5. The molecule has 0 aliphatic heterocycles. The molecule has 4 unspecified atom stereocenters. The van der Waals surface area contributed by atoms with Crippen LogP contribution in [0.25, 0.3) is 0 Å². The summed E-state index contributed by atoms with van der Waals surface area (Å²) in [6.07, 6.45) is 2.41. The summed E-state index contributed by atoms with van der Waals surface area (Å²) in [4.78, 5) is 53.6. The zero-order chi connectivity index (χ0) is 27.8. The molecule has 0 aliphatic carbocycles. The van der Waals surface area contributed by atoms with Crippen molar-refractivity contribution in [2.45, 2.75) is 69.6 Å². The Morgan fingerprint density at radius 3 is 2.14 bits per heavy atom. The van der Waals surface area contributed by atoms with Crippen LogP contribution in [0.3, 0.4) is 0 Å². The van der Waals surface area contributed by atoms with Crippen LogP contribution in [0.2, 0.25) is 0 Å². The van der Waals surface area contributed by atoms with Crippen LogP contribution in [0.15, 0.2) is 35.3 Å². The third kappa shape index (κ3) is 12.7. The molecule has 12 N–H and O–H groups in total. The largest absolute Gasteiger partial charge is 0.480 e. The van der Waals surface area contributed by atoms with E-state index in [1.165, 1.54) is 6.92 Å². The van der Waals surface area contributed by atoms with E-state index in [1.54, 1.807) is 12.1 Å². The van der Waals surface area contributed by atoms with E-state index in [0.29, 0.717) is 25.8 Å². The number of carbonyl (C=O) groups is 4. The van der Waals surface area contributed by atoms with Gasteiger partial charge in [0.2, 0.25) is 17.7 Å². The smallest absolute Gasteiger partial charge is 0.326 e. The van der Waals surface area contributed by atoms with Gasteiger partial charge in [0, 0.05) is 13.0 Å². The van der Waals surface area contributed by atoms with Gasteiger partial charge in [-0.1, -0.05) is 36.8 Å². The SMILES string of the molecule is CC(NC(=O)C(Cc1ccccc1)NC(=O)C(N)CCCCN)C(=O)NC(CCCN=C(N)N)C(=O)O. The van der Waals surface area contributed by atoms with Gasteiger partial charge in [0.15, 0.2) is 5.96 Å². The normalized spacial score (nSPS) is 13.9. The van der Waals surface area contributed by atoms with E-state index >= 15 is 0 Å². The molecule has 1 rings (SSSR count). The average Bonchev–Trinajstić information content (AvgIpc) is 2.85. The Hall–Kier alpha value is -3.71. The van der Waals surface area contributed by atoms with Crippen molar-refractivity contribution in [2.24, 2.45) is 27.9 Å². The first-order valence-electron chi connectivity index (χ1n) is 12.2. The van der Waals surface area contributed by atoms with Gasteiger partial charge < -0.3 is 44.0 Å². The molecule has 1 aromatic rings. The first kappa shape index (κ1) is 31.3. The maximum atomic E-state index is 13.1. The Kier molecular flexibility index (Phi) is 14.3. The van der Waals surface area contributed by atoms with E-state index in [9.17, 15) is 24.3 Å². The molecule has 1 aromatic carbocycles. The summed E-state index contributed by atoms with van der Waals surface area (Å²) in [5.41, 5.74) is 22.7. The Balaban J connectivity index is 2.82. The summed E-state index contributed by atoms with van der Waals surface area (Å²) in [6, 6.07) is 4.99. The lowest BCUT2D eigenvalue weighted by molar-refractivity contribution is -0.142. The van der Waals surface area contributed by atoms with Gasteiger partial charge in [-0.3, -0.25) is 19.4 Å². The molecule has 206 valence electrons. The topological polar surface area (TPSA) is 241 Å². The van der Waals surface area contributed by atoms with Crippen molar-refractivity contribution in [1.82, 2.24) is 16.0 Å². The fraction of sp³-hybridized carbons (Fsp3) is 0.542. The molecule has 0 radical (unpaired) electrons. The van der Waals surface area contributed by atoms with Crippen LogP contribution in [0.4, 0.5) is 0 Å². The predicted octanol–water partition coefficient (Wildman–Crippen LogP) is -1.70. The number of amides is 3. The lowest BCUT2D eigenvalue weighted by atomic mass is 10.0.